The van der Waals surface area contributed by atoms with E-state index < -0.39 is 21.9 Å². The molecule has 168 valence electrons. The fourth-order valence-corrected chi connectivity index (χ4v) is 6.69. The highest BCUT2D eigenvalue weighted by molar-refractivity contribution is 7.91. The number of nitrogens with zero attached hydrogens (tertiary/aromatic N) is 2. The van der Waals surface area contributed by atoms with Crippen molar-refractivity contribution in [2.75, 3.05) is 18.1 Å². The summed E-state index contributed by atoms with van der Waals surface area (Å²) in [4.78, 5) is 41.1. The van der Waals surface area contributed by atoms with Crippen LogP contribution < -0.4 is 5.32 Å². The van der Waals surface area contributed by atoms with E-state index in [2.05, 4.69) is 5.32 Å². The maximum atomic E-state index is 13.2. The number of benzene rings is 1. The summed E-state index contributed by atoms with van der Waals surface area (Å²) in [6, 6.07) is 8.14. The molecule has 1 N–H and O–H groups in total. The third-order valence-electron chi connectivity index (χ3n) is 6.57. The molecular weight excluding hydrogens is 418 g/mol. The van der Waals surface area contributed by atoms with Crippen LogP contribution in [0.4, 0.5) is 4.79 Å². The number of hydrogen-bond acceptors (Lipinski definition) is 5. The lowest BCUT2D eigenvalue weighted by Crippen LogP contribution is -2.51. The molecule has 0 unspecified atom stereocenters. The van der Waals surface area contributed by atoms with E-state index in [0.717, 1.165) is 36.1 Å². The molecular formula is C22H29N3O5S. The first-order valence-corrected chi connectivity index (χ1v) is 12.8. The first-order chi connectivity index (χ1) is 14.8. The monoisotopic (exact) mass is 447 g/mol. The molecule has 4 amide bonds. The highest BCUT2D eigenvalue weighted by Crippen LogP contribution is 2.29. The van der Waals surface area contributed by atoms with Crippen LogP contribution in [0.2, 0.25) is 0 Å². The zero-order valence-corrected chi connectivity index (χ0v) is 18.4. The molecule has 2 saturated heterocycles. The van der Waals surface area contributed by atoms with Crippen LogP contribution in [0.1, 0.15) is 44.1 Å². The number of sulfone groups is 1. The molecule has 2 heterocycles. The minimum atomic E-state index is -3.15. The number of aryl methyl sites for hydroxylation is 1. The Hall–Kier alpha value is -2.42. The smallest absolute Gasteiger partial charge is 0.325 e. The normalized spacial score (nSPS) is 25.7. The molecule has 2 atom stereocenters. The van der Waals surface area contributed by atoms with Crippen molar-refractivity contribution in [3.63, 3.8) is 0 Å². The third-order valence-corrected chi connectivity index (χ3v) is 8.32. The first-order valence-electron chi connectivity index (χ1n) is 11.0. The third kappa shape index (κ3) is 4.92. The summed E-state index contributed by atoms with van der Waals surface area (Å²) in [6.45, 7) is -0.334. The van der Waals surface area contributed by atoms with Crippen LogP contribution in [0.15, 0.2) is 30.3 Å². The number of imide groups is 1. The summed E-state index contributed by atoms with van der Waals surface area (Å²) in [5.74, 6) is -0.672. The Labute approximate surface area is 182 Å². The van der Waals surface area contributed by atoms with Gasteiger partial charge in [0, 0.05) is 12.1 Å². The zero-order valence-electron chi connectivity index (χ0n) is 17.5. The molecule has 1 aromatic rings. The predicted molar refractivity (Wildman–Crippen MR) is 115 cm³/mol. The van der Waals surface area contributed by atoms with Gasteiger partial charge >= 0.3 is 6.03 Å². The van der Waals surface area contributed by atoms with Crippen LogP contribution in [0.5, 0.6) is 0 Å². The van der Waals surface area contributed by atoms with Crippen molar-refractivity contribution in [3.05, 3.63) is 35.9 Å². The number of hydrogen-bond donors (Lipinski definition) is 1. The van der Waals surface area contributed by atoms with Crippen LogP contribution in [0.3, 0.4) is 0 Å². The minimum absolute atomic E-state index is 0.0135. The number of carbonyl (C=O) groups is 3. The van der Waals surface area contributed by atoms with E-state index in [0.29, 0.717) is 19.3 Å². The Bertz CT molecular complexity index is 943. The molecule has 1 aromatic carbocycles. The van der Waals surface area contributed by atoms with Crippen molar-refractivity contribution < 1.29 is 22.8 Å². The molecule has 0 bridgehead atoms. The second kappa shape index (κ2) is 8.98. The van der Waals surface area contributed by atoms with Gasteiger partial charge in [0.15, 0.2) is 9.84 Å². The first kappa shape index (κ1) is 21.8. The van der Waals surface area contributed by atoms with E-state index in [-0.39, 0.29) is 41.9 Å². The van der Waals surface area contributed by atoms with E-state index in [1.54, 1.807) is 4.90 Å². The van der Waals surface area contributed by atoms with Crippen molar-refractivity contribution in [2.45, 2.75) is 63.1 Å². The van der Waals surface area contributed by atoms with E-state index in [4.69, 9.17) is 0 Å². The van der Waals surface area contributed by atoms with Crippen LogP contribution in [-0.4, -0.2) is 72.2 Å². The van der Waals surface area contributed by atoms with Crippen molar-refractivity contribution in [3.8, 4) is 0 Å². The van der Waals surface area contributed by atoms with Gasteiger partial charge in [0.05, 0.1) is 11.5 Å². The molecule has 4 rings (SSSR count). The number of rotatable bonds is 7. The quantitative estimate of drug-likeness (QED) is 0.638. The van der Waals surface area contributed by atoms with Gasteiger partial charge in [0.1, 0.15) is 12.6 Å². The van der Waals surface area contributed by atoms with Crippen molar-refractivity contribution in [1.82, 2.24) is 15.1 Å². The molecule has 9 heteroatoms. The maximum absolute atomic E-state index is 13.2. The van der Waals surface area contributed by atoms with Crippen molar-refractivity contribution in [2.24, 2.45) is 0 Å². The summed E-state index contributed by atoms with van der Waals surface area (Å²) < 4.78 is 24.0. The van der Waals surface area contributed by atoms with Gasteiger partial charge in [0.2, 0.25) is 5.91 Å². The van der Waals surface area contributed by atoms with Crippen molar-refractivity contribution >= 4 is 27.7 Å². The highest BCUT2D eigenvalue weighted by Gasteiger charge is 2.43. The number of urea groups is 1. The van der Waals surface area contributed by atoms with Gasteiger partial charge in [-0.25, -0.2) is 13.2 Å². The van der Waals surface area contributed by atoms with E-state index >= 15 is 0 Å². The molecule has 8 nitrogen and oxygen atoms in total. The van der Waals surface area contributed by atoms with Gasteiger partial charge < -0.3 is 10.2 Å². The Kier molecular flexibility index (Phi) is 6.31. The van der Waals surface area contributed by atoms with Crippen LogP contribution in [0.25, 0.3) is 0 Å². The topological polar surface area (TPSA) is 104 Å². The number of carbonyl (C=O) groups excluding carboxylic acids is 3. The fraction of sp³-hybridized carbons (Fsp3) is 0.591. The highest BCUT2D eigenvalue weighted by atomic mass is 32.2. The van der Waals surface area contributed by atoms with Crippen molar-refractivity contribution in [1.29, 1.82) is 0 Å². The van der Waals surface area contributed by atoms with Crippen LogP contribution in [0, 0.1) is 0 Å². The summed E-state index contributed by atoms with van der Waals surface area (Å²) in [7, 11) is -3.15. The predicted octanol–water partition coefficient (Wildman–Crippen LogP) is 1.50. The molecule has 2 aliphatic heterocycles. The molecule has 0 aromatic heterocycles. The summed E-state index contributed by atoms with van der Waals surface area (Å²) in [5, 5.41) is 2.69. The zero-order chi connectivity index (χ0) is 22.0. The second-order valence-electron chi connectivity index (χ2n) is 8.75. The van der Waals surface area contributed by atoms with Gasteiger partial charge in [-0.1, -0.05) is 43.2 Å². The van der Waals surface area contributed by atoms with Gasteiger partial charge in [-0.05, 0) is 37.7 Å². The van der Waals surface area contributed by atoms with Gasteiger partial charge in [-0.3, -0.25) is 14.5 Å². The lowest BCUT2D eigenvalue weighted by Gasteiger charge is -2.34. The lowest BCUT2D eigenvalue weighted by molar-refractivity contribution is -0.140. The van der Waals surface area contributed by atoms with Crippen LogP contribution in [-0.2, 0) is 25.8 Å². The Balaban J connectivity index is 1.41. The van der Waals surface area contributed by atoms with Gasteiger partial charge in [-0.15, -0.1) is 0 Å². The summed E-state index contributed by atoms with van der Waals surface area (Å²) >= 11 is 0. The van der Waals surface area contributed by atoms with Crippen LogP contribution >= 0.6 is 0 Å². The van der Waals surface area contributed by atoms with Gasteiger partial charge in [0.25, 0.3) is 5.91 Å². The largest absolute Gasteiger partial charge is 0.334 e. The maximum Gasteiger partial charge on any atom is 0.325 e. The SMILES string of the molecule is O=C1N[C@H](CCc2ccccc2)C(=O)N1CC(=O)N(C1CCCC1)[C@@H]1CCS(=O)(=O)C1. The summed E-state index contributed by atoms with van der Waals surface area (Å²) in [5.41, 5.74) is 1.08. The van der Waals surface area contributed by atoms with Gasteiger partial charge in [-0.2, -0.15) is 0 Å². The summed E-state index contributed by atoms with van der Waals surface area (Å²) in [6.07, 6.45) is 5.20. The number of amides is 4. The molecule has 3 aliphatic rings. The fourth-order valence-electron chi connectivity index (χ4n) is 4.98. The average molecular weight is 448 g/mol. The standard InChI is InChI=1S/C22H29N3O5S/c26-20(25(17-8-4-5-9-17)18-12-13-31(29,30)15-18)14-24-21(27)19(23-22(24)28)11-10-16-6-2-1-3-7-16/h1-3,6-7,17-19H,4-5,8-15H2,(H,23,28)/t18-,19-/m1/s1. The Morgan fingerprint density at radius 2 is 1.77 bits per heavy atom. The molecule has 1 saturated carbocycles. The Morgan fingerprint density at radius 1 is 1.06 bits per heavy atom. The number of nitrogens with one attached hydrogen (secondary N) is 1. The van der Waals surface area contributed by atoms with E-state index in [9.17, 15) is 22.8 Å². The Morgan fingerprint density at radius 3 is 2.42 bits per heavy atom. The second-order valence-corrected chi connectivity index (χ2v) is 11.0. The minimum Gasteiger partial charge on any atom is -0.334 e. The average Bonchev–Trinajstić information content (AvgIpc) is 3.45. The molecule has 1 aliphatic carbocycles. The van der Waals surface area contributed by atoms with E-state index in [1.165, 1.54) is 0 Å². The molecule has 31 heavy (non-hydrogen) atoms. The molecule has 0 radical (unpaired) electrons. The molecule has 0 spiro atoms. The lowest BCUT2D eigenvalue weighted by atomic mass is 10.1. The van der Waals surface area contributed by atoms with E-state index in [1.807, 2.05) is 30.3 Å². The molecule has 3 fully saturated rings.